The third-order valence-corrected chi connectivity index (χ3v) is 5.56. The summed E-state index contributed by atoms with van der Waals surface area (Å²) >= 11 is 0. The number of nitrogens with zero attached hydrogens (tertiary/aromatic N) is 3. The fraction of sp³-hybridized carbons (Fsp3) is 0.455. The van der Waals surface area contributed by atoms with Gasteiger partial charge in [-0.25, -0.2) is 0 Å². The summed E-state index contributed by atoms with van der Waals surface area (Å²) in [5, 5.41) is 18.7. The van der Waals surface area contributed by atoms with E-state index in [0.29, 0.717) is 6.42 Å². The van der Waals surface area contributed by atoms with Crippen LogP contribution in [0.25, 0.3) is 0 Å². The molecule has 0 amide bonds. The standard InChI is InChI=1S/C22H23N3O5/c1-25(2)18-9-16(15(11-23)12-24)30-22(18)10-19(26-3)28-17-13-27-21(29-20(17)22)14-7-5-4-6-8-14/h4-9,17,19-21H,10,13H2,1-3H3/t17-,19+,20-,21-,22-/m1/s1. The van der Waals surface area contributed by atoms with Gasteiger partial charge in [-0.15, -0.1) is 0 Å². The Kier molecular flexibility index (Phi) is 5.50. The molecule has 3 aliphatic heterocycles. The van der Waals surface area contributed by atoms with Crippen LogP contribution in [0.3, 0.4) is 0 Å². The van der Waals surface area contributed by atoms with Crippen molar-refractivity contribution in [3.63, 3.8) is 0 Å². The molecule has 1 spiro atoms. The van der Waals surface area contributed by atoms with E-state index in [0.717, 1.165) is 11.3 Å². The van der Waals surface area contributed by atoms with Gasteiger partial charge in [-0.05, 0) is 0 Å². The number of hydrogen-bond donors (Lipinski definition) is 0. The lowest BCUT2D eigenvalue weighted by Crippen LogP contribution is -2.64. The molecule has 8 heteroatoms. The largest absolute Gasteiger partial charge is 0.476 e. The van der Waals surface area contributed by atoms with Crippen LogP contribution in [0.1, 0.15) is 18.3 Å². The van der Waals surface area contributed by atoms with Gasteiger partial charge in [0.05, 0.1) is 12.3 Å². The van der Waals surface area contributed by atoms with Crippen LogP contribution in [0.2, 0.25) is 0 Å². The molecular formula is C22H23N3O5. The second-order valence-electron chi connectivity index (χ2n) is 7.55. The van der Waals surface area contributed by atoms with Crippen LogP contribution in [-0.4, -0.2) is 56.8 Å². The third kappa shape index (κ3) is 3.34. The predicted octanol–water partition coefficient (Wildman–Crippen LogP) is 2.38. The van der Waals surface area contributed by atoms with Crippen molar-refractivity contribution in [1.29, 1.82) is 10.5 Å². The molecule has 0 saturated carbocycles. The average Bonchev–Trinajstić information content (AvgIpc) is 3.14. The molecule has 3 heterocycles. The van der Waals surface area contributed by atoms with E-state index in [1.165, 1.54) is 0 Å². The van der Waals surface area contributed by atoms with Crippen molar-refractivity contribution in [2.24, 2.45) is 0 Å². The van der Waals surface area contributed by atoms with E-state index in [-0.39, 0.29) is 17.9 Å². The van der Waals surface area contributed by atoms with Gasteiger partial charge in [0.2, 0.25) is 0 Å². The molecule has 2 fully saturated rings. The normalized spacial score (nSPS) is 32.4. The Morgan fingerprint density at radius 3 is 2.53 bits per heavy atom. The van der Waals surface area contributed by atoms with E-state index in [4.69, 9.17) is 23.7 Å². The summed E-state index contributed by atoms with van der Waals surface area (Å²) in [6, 6.07) is 13.5. The van der Waals surface area contributed by atoms with E-state index in [9.17, 15) is 10.5 Å². The van der Waals surface area contributed by atoms with Crippen molar-refractivity contribution < 1.29 is 23.7 Å². The Labute approximate surface area is 175 Å². The van der Waals surface area contributed by atoms with Crippen LogP contribution in [0.15, 0.2) is 53.4 Å². The van der Waals surface area contributed by atoms with Gasteiger partial charge >= 0.3 is 0 Å². The minimum atomic E-state index is -0.988. The molecule has 3 aliphatic rings. The van der Waals surface area contributed by atoms with Crippen molar-refractivity contribution in [2.75, 3.05) is 27.8 Å². The monoisotopic (exact) mass is 409 g/mol. The van der Waals surface area contributed by atoms with Crippen LogP contribution >= 0.6 is 0 Å². The lowest BCUT2D eigenvalue weighted by Gasteiger charge is -2.51. The molecule has 0 aliphatic carbocycles. The minimum Gasteiger partial charge on any atom is -0.476 e. The zero-order valence-electron chi connectivity index (χ0n) is 17.1. The molecule has 156 valence electrons. The molecule has 0 N–H and O–H groups in total. The Morgan fingerprint density at radius 1 is 1.17 bits per heavy atom. The summed E-state index contributed by atoms with van der Waals surface area (Å²) in [6.45, 7) is 0.290. The van der Waals surface area contributed by atoms with Gasteiger partial charge in [-0.1, -0.05) is 30.3 Å². The summed E-state index contributed by atoms with van der Waals surface area (Å²) in [7, 11) is 5.34. The Morgan fingerprint density at radius 2 is 1.90 bits per heavy atom. The zero-order chi connectivity index (χ0) is 21.3. The van der Waals surface area contributed by atoms with E-state index in [1.54, 1.807) is 13.2 Å². The van der Waals surface area contributed by atoms with Crippen molar-refractivity contribution in [3.8, 4) is 12.1 Å². The first-order valence-electron chi connectivity index (χ1n) is 9.65. The maximum atomic E-state index is 9.37. The molecule has 0 unspecified atom stereocenters. The minimum absolute atomic E-state index is 0.0881. The van der Waals surface area contributed by atoms with Crippen molar-refractivity contribution in [3.05, 3.63) is 59.0 Å². The second-order valence-corrected chi connectivity index (χ2v) is 7.55. The summed E-state index contributed by atoms with van der Waals surface area (Å²) < 4.78 is 30.2. The van der Waals surface area contributed by atoms with E-state index in [2.05, 4.69) is 0 Å². The summed E-state index contributed by atoms with van der Waals surface area (Å²) in [5.41, 5.74) is 0.598. The number of methoxy groups -OCH3 is 1. The predicted molar refractivity (Wildman–Crippen MR) is 104 cm³/mol. The topological polar surface area (TPSA) is 97.0 Å². The number of fused-ring (bicyclic) bond motifs is 2. The molecule has 8 nitrogen and oxygen atoms in total. The highest BCUT2D eigenvalue weighted by atomic mass is 16.7. The highest BCUT2D eigenvalue weighted by Crippen LogP contribution is 2.49. The van der Waals surface area contributed by atoms with E-state index in [1.807, 2.05) is 61.5 Å². The fourth-order valence-electron chi connectivity index (χ4n) is 4.22. The summed E-state index contributed by atoms with van der Waals surface area (Å²) in [5.74, 6) is 0.227. The molecular weight excluding hydrogens is 386 g/mol. The van der Waals surface area contributed by atoms with E-state index >= 15 is 0 Å². The maximum absolute atomic E-state index is 9.37. The second kappa shape index (κ2) is 8.10. The van der Waals surface area contributed by atoms with Gasteiger partial charge in [0.15, 0.2) is 29.5 Å². The van der Waals surface area contributed by atoms with Crippen LogP contribution in [0, 0.1) is 22.7 Å². The smallest absolute Gasteiger partial charge is 0.184 e. The highest BCUT2D eigenvalue weighted by Gasteiger charge is 2.60. The fourth-order valence-corrected chi connectivity index (χ4v) is 4.22. The van der Waals surface area contributed by atoms with Crippen LogP contribution in [0.5, 0.6) is 0 Å². The number of ether oxygens (including phenoxy) is 5. The summed E-state index contributed by atoms with van der Waals surface area (Å²) in [4.78, 5) is 1.91. The Balaban J connectivity index is 1.77. The first kappa shape index (κ1) is 20.4. The first-order chi connectivity index (χ1) is 14.5. The molecule has 0 bridgehead atoms. The van der Waals surface area contributed by atoms with Gasteiger partial charge in [0, 0.05) is 39.3 Å². The highest BCUT2D eigenvalue weighted by molar-refractivity contribution is 5.47. The van der Waals surface area contributed by atoms with Gasteiger partial charge in [0.1, 0.15) is 24.3 Å². The number of likely N-dealkylation sites (N-methyl/N-ethyl adjacent to an activating group) is 1. The number of benzene rings is 1. The Hall–Kier alpha value is -2.88. The van der Waals surface area contributed by atoms with Gasteiger partial charge < -0.3 is 28.6 Å². The molecule has 1 aromatic carbocycles. The van der Waals surface area contributed by atoms with Crippen molar-refractivity contribution in [2.45, 2.75) is 36.8 Å². The molecule has 1 aromatic rings. The molecule has 0 aromatic heterocycles. The molecule has 4 rings (SSSR count). The SMILES string of the molecule is CO[C@@H]1C[C@]2(OC(=C(C#N)C#N)C=C2N(C)C)[C@@H]2O[C@H](c3ccccc3)OC[C@H]2O1. The van der Waals surface area contributed by atoms with Crippen molar-refractivity contribution in [1.82, 2.24) is 4.90 Å². The Bertz CT molecular complexity index is 930. The quantitative estimate of drug-likeness (QED) is 0.702. The molecule has 2 saturated heterocycles. The van der Waals surface area contributed by atoms with Crippen LogP contribution in [0.4, 0.5) is 0 Å². The lowest BCUT2D eigenvalue weighted by molar-refractivity contribution is -0.351. The van der Waals surface area contributed by atoms with Gasteiger partial charge in [-0.3, -0.25) is 0 Å². The zero-order valence-corrected chi connectivity index (χ0v) is 17.1. The van der Waals surface area contributed by atoms with Crippen LogP contribution < -0.4 is 0 Å². The van der Waals surface area contributed by atoms with Crippen LogP contribution in [-0.2, 0) is 23.7 Å². The van der Waals surface area contributed by atoms with E-state index < -0.39 is 30.4 Å². The van der Waals surface area contributed by atoms with Gasteiger partial charge in [0.25, 0.3) is 0 Å². The number of nitriles is 2. The summed E-state index contributed by atoms with van der Waals surface area (Å²) in [6.07, 6.45) is -0.0519. The maximum Gasteiger partial charge on any atom is 0.184 e. The number of rotatable bonds is 3. The first-order valence-corrected chi connectivity index (χ1v) is 9.65. The molecule has 0 radical (unpaired) electrons. The molecule has 30 heavy (non-hydrogen) atoms. The third-order valence-electron chi connectivity index (χ3n) is 5.56. The van der Waals surface area contributed by atoms with Crippen molar-refractivity contribution >= 4 is 0 Å². The number of hydrogen-bond acceptors (Lipinski definition) is 8. The van der Waals surface area contributed by atoms with Gasteiger partial charge in [-0.2, -0.15) is 10.5 Å². The number of allylic oxidation sites excluding steroid dienone is 2. The average molecular weight is 409 g/mol. The lowest BCUT2D eigenvalue weighted by atomic mass is 9.83. The molecule has 5 atom stereocenters.